The van der Waals surface area contributed by atoms with Crippen LogP contribution in [0.15, 0.2) is 24.3 Å². The van der Waals surface area contributed by atoms with Gasteiger partial charge in [0.15, 0.2) is 0 Å². The molecule has 1 rings (SSSR count). The number of aliphatic hydroxyl groups excluding tert-OH is 1. The molecule has 4 nitrogen and oxygen atoms in total. The lowest BCUT2D eigenvalue weighted by Crippen LogP contribution is -2.27. The number of hydrogen-bond acceptors (Lipinski definition) is 3. The van der Waals surface area contributed by atoms with Crippen LogP contribution in [-0.4, -0.2) is 30.2 Å². The largest absolute Gasteiger partial charge is 0.396 e. The Hall–Kier alpha value is -1.39. The molecule has 1 aromatic carbocycles. The zero-order valence-electron chi connectivity index (χ0n) is 11.8. The summed E-state index contributed by atoms with van der Waals surface area (Å²) in [5.74, 6) is 0.0208. The maximum absolute atomic E-state index is 11.7. The van der Waals surface area contributed by atoms with Crippen LogP contribution in [-0.2, 0) is 11.2 Å². The van der Waals surface area contributed by atoms with Gasteiger partial charge in [0.05, 0.1) is 0 Å². The first-order valence-corrected chi connectivity index (χ1v) is 6.85. The molecular weight excluding hydrogens is 240 g/mol. The van der Waals surface area contributed by atoms with Gasteiger partial charge >= 0.3 is 0 Å². The summed E-state index contributed by atoms with van der Waals surface area (Å²) < 4.78 is 0. The van der Waals surface area contributed by atoms with Gasteiger partial charge in [0.25, 0.3) is 0 Å². The molecule has 0 heterocycles. The van der Waals surface area contributed by atoms with Crippen molar-refractivity contribution in [3.05, 3.63) is 29.8 Å². The Labute approximate surface area is 115 Å². The molecule has 0 fully saturated rings. The molecule has 0 aliphatic heterocycles. The Morgan fingerprint density at radius 2 is 2.16 bits per heavy atom. The molecular formula is C15H24N2O2. The summed E-state index contributed by atoms with van der Waals surface area (Å²) in [7, 11) is 0. The van der Waals surface area contributed by atoms with Crippen molar-refractivity contribution in [1.82, 2.24) is 5.32 Å². The van der Waals surface area contributed by atoms with E-state index in [4.69, 9.17) is 5.11 Å². The number of amides is 1. The number of rotatable bonds is 8. The minimum absolute atomic E-state index is 0.0208. The molecule has 0 bridgehead atoms. The number of aryl methyl sites for hydroxylation is 1. The number of benzene rings is 1. The zero-order chi connectivity index (χ0) is 14.1. The lowest BCUT2D eigenvalue weighted by atomic mass is 10.1. The summed E-state index contributed by atoms with van der Waals surface area (Å²) in [6.07, 6.45) is 2.05. The van der Waals surface area contributed by atoms with E-state index >= 15 is 0 Å². The Morgan fingerprint density at radius 3 is 2.84 bits per heavy atom. The van der Waals surface area contributed by atoms with Crippen LogP contribution in [0.5, 0.6) is 0 Å². The Morgan fingerprint density at radius 1 is 1.37 bits per heavy atom. The molecule has 0 saturated heterocycles. The molecule has 0 aromatic heterocycles. The molecule has 19 heavy (non-hydrogen) atoms. The van der Waals surface area contributed by atoms with E-state index in [-0.39, 0.29) is 12.5 Å². The van der Waals surface area contributed by atoms with Crippen molar-refractivity contribution in [3.63, 3.8) is 0 Å². The van der Waals surface area contributed by atoms with Crippen molar-refractivity contribution in [1.29, 1.82) is 0 Å². The first-order valence-electron chi connectivity index (χ1n) is 6.85. The second-order valence-corrected chi connectivity index (χ2v) is 4.93. The van der Waals surface area contributed by atoms with Crippen LogP contribution in [0.1, 0.15) is 32.3 Å². The van der Waals surface area contributed by atoms with Crippen molar-refractivity contribution in [2.45, 2.75) is 39.2 Å². The quantitative estimate of drug-likeness (QED) is 0.672. The van der Waals surface area contributed by atoms with E-state index in [1.165, 1.54) is 0 Å². The summed E-state index contributed by atoms with van der Waals surface area (Å²) in [4.78, 5) is 11.7. The summed E-state index contributed by atoms with van der Waals surface area (Å²) in [5, 5.41) is 14.9. The van der Waals surface area contributed by atoms with E-state index in [0.717, 1.165) is 24.1 Å². The Kier molecular flexibility index (Phi) is 7.15. The third-order valence-corrected chi connectivity index (χ3v) is 2.74. The van der Waals surface area contributed by atoms with Gasteiger partial charge in [0.2, 0.25) is 5.91 Å². The van der Waals surface area contributed by atoms with E-state index in [1.54, 1.807) is 0 Å². The van der Waals surface area contributed by atoms with Gasteiger partial charge in [-0.1, -0.05) is 26.0 Å². The second kappa shape index (κ2) is 8.67. The zero-order valence-corrected chi connectivity index (χ0v) is 11.8. The summed E-state index contributed by atoms with van der Waals surface area (Å²) in [6, 6.07) is 8.18. The van der Waals surface area contributed by atoms with E-state index < -0.39 is 0 Å². The fourth-order valence-corrected chi connectivity index (χ4v) is 1.79. The summed E-state index contributed by atoms with van der Waals surface area (Å²) in [5.41, 5.74) is 1.96. The number of nitrogens with one attached hydrogen (secondary N) is 2. The van der Waals surface area contributed by atoms with Crippen molar-refractivity contribution >= 4 is 11.6 Å². The highest BCUT2D eigenvalue weighted by molar-refractivity contribution is 5.90. The van der Waals surface area contributed by atoms with Crippen LogP contribution in [0.2, 0.25) is 0 Å². The van der Waals surface area contributed by atoms with Gasteiger partial charge < -0.3 is 15.7 Å². The molecule has 0 unspecified atom stereocenters. The summed E-state index contributed by atoms with van der Waals surface area (Å²) >= 11 is 0. The Balaban J connectivity index is 2.40. The maximum atomic E-state index is 11.7. The van der Waals surface area contributed by atoms with Crippen LogP contribution < -0.4 is 10.6 Å². The molecule has 0 aliphatic carbocycles. The van der Waals surface area contributed by atoms with Crippen LogP contribution in [0.3, 0.4) is 0 Å². The normalized spacial score (nSPS) is 10.7. The standard InChI is InChI=1S/C15H24N2O2/c1-12(2)16-9-8-15(19)17-14-7-3-5-13(11-14)6-4-10-18/h3,5,7,11-12,16,18H,4,6,8-10H2,1-2H3,(H,17,19). The van der Waals surface area contributed by atoms with Gasteiger partial charge in [-0.3, -0.25) is 4.79 Å². The van der Waals surface area contributed by atoms with E-state index in [9.17, 15) is 4.79 Å². The molecule has 0 spiro atoms. The predicted octanol–water partition coefficient (Wildman–Crippen LogP) is 1.94. The fourth-order valence-electron chi connectivity index (χ4n) is 1.79. The van der Waals surface area contributed by atoms with E-state index in [0.29, 0.717) is 19.0 Å². The van der Waals surface area contributed by atoms with Crippen molar-refractivity contribution in [2.24, 2.45) is 0 Å². The number of aliphatic hydroxyl groups is 1. The van der Waals surface area contributed by atoms with Gasteiger partial charge in [-0.15, -0.1) is 0 Å². The Bertz CT molecular complexity index is 391. The van der Waals surface area contributed by atoms with Crippen LogP contribution in [0.4, 0.5) is 5.69 Å². The van der Waals surface area contributed by atoms with Crippen LogP contribution in [0.25, 0.3) is 0 Å². The predicted molar refractivity (Wildman–Crippen MR) is 78.2 cm³/mol. The van der Waals surface area contributed by atoms with Crippen LogP contribution >= 0.6 is 0 Å². The number of hydrogen-bond donors (Lipinski definition) is 3. The third-order valence-electron chi connectivity index (χ3n) is 2.74. The van der Waals surface area contributed by atoms with Crippen LogP contribution in [0, 0.1) is 0 Å². The highest BCUT2D eigenvalue weighted by atomic mass is 16.2. The fraction of sp³-hybridized carbons (Fsp3) is 0.533. The summed E-state index contributed by atoms with van der Waals surface area (Å²) in [6.45, 7) is 5.00. The molecule has 0 aliphatic rings. The molecule has 106 valence electrons. The van der Waals surface area contributed by atoms with Gasteiger partial charge in [0, 0.05) is 31.3 Å². The second-order valence-electron chi connectivity index (χ2n) is 4.93. The van der Waals surface area contributed by atoms with Gasteiger partial charge in [-0.2, -0.15) is 0 Å². The monoisotopic (exact) mass is 264 g/mol. The number of anilines is 1. The third kappa shape index (κ3) is 6.94. The maximum Gasteiger partial charge on any atom is 0.225 e. The minimum Gasteiger partial charge on any atom is -0.396 e. The SMILES string of the molecule is CC(C)NCCC(=O)Nc1cccc(CCCO)c1. The number of carbonyl (C=O) groups is 1. The topological polar surface area (TPSA) is 61.4 Å². The van der Waals surface area contributed by atoms with Crippen molar-refractivity contribution in [2.75, 3.05) is 18.5 Å². The molecule has 0 radical (unpaired) electrons. The minimum atomic E-state index is 0.0208. The molecule has 1 amide bonds. The molecule has 1 aromatic rings. The first-order chi connectivity index (χ1) is 9.11. The first kappa shape index (κ1) is 15.7. The molecule has 4 heteroatoms. The van der Waals surface area contributed by atoms with Gasteiger partial charge in [-0.05, 0) is 30.5 Å². The lowest BCUT2D eigenvalue weighted by molar-refractivity contribution is -0.116. The highest BCUT2D eigenvalue weighted by Crippen LogP contribution is 2.12. The van der Waals surface area contributed by atoms with E-state index in [1.807, 2.05) is 24.3 Å². The van der Waals surface area contributed by atoms with Gasteiger partial charge in [0.1, 0.15) is 0 Å². The van der Waals surface area contributed by atoms with Crippen molar-refractivity contribution < 1.29 is 9.90 Å². The average molecular weight is 264 g/mol. The number of carbonyl (C=O) groups excluding carboxylic acids is 1. The van der Waals surface area contributed by atoms with Gasteiger partial charge in [-0.25, -0.2) is 0 Å². The molecule has 3 N–H and O–H groups in total. The smallest absolute Gasteiger partial charge is 0.225 e. The molecule has 0 atom stereocenters. The average Bonchev–Trinajstić information content (AvgIpc) is 2.36. The van der Waals surface area contributed by atoms with Crippen molar-refractivity contribution in [3.8, 4) is 0 Å². The van der Waals surface area contributed by atoms with E-state index in [2.05, 4.69) is 24.5 Å². The molecule has 0 saturated carbocycles. The highest BCUT2D eigenvalue weighted by Gasteiger charge is 2.03. The lowest BCUT2D eigenvalue weighted by Gasteiger charge is -2.09.